The van der Waals surface area contributed by atoms with Gasteiger partial charge in [-0.2, -0.15) is 4.72 Å². The van der Waals surface area contributed by atoms with Crippen LogP contribution in [0.25, 0.3) is 0 Å². The third kappa shape index (κ3) is 5.07. The number of sulfonamides is 1. The molecule has 20 heavy (non-hydrogen) atoms. The fraction of sp³-hybridized carbons (Fsp3) is 0.417. The van der Waals surface area contributed by atoms with Crippen LogP contribution in [-0.4, -0.2) is 26.0 Å². The zero-order chi connectivity index (χ0) is 15.6. The van der Waals surface area contributed by atoms with Crippen molar-refractivity contribution < 1.29 is 17.6 Å². The lowest BCUT2D eigenvalue weighted by Gasteiger charge is -2.21. The molecule has 0 fully saturated rings. The second-order valence-electron chi connectivity index (χ2n) is 4.95. The van der Waals surface area contributed by atoms with Gasteiger partial charge >= 0.3 is 0 Å². The van der Waals surface area contributed by atoms with E-state index >= 15 is 0 Å². The summed E-state index contributed by atoms with van der Waals surface area (Å²) in [6.07, 6.45) is -0.352. The molecule has 1 aromatic carbocycles. The molecular formula is C12H16ClFN2O3S. The Hall–Kier alpha value is -1.18. The van der Waals surface area contributed by atoms with Crippen LogP contribution in [0, 0.1) is 0 Å². The average molecular weight is 323 g/mol. The Kier molecular flexibility index (Phi) is 5.12. The summed E-state index contributed by atoms with van der Waals surface area (Å²) in [6.45, 7) is 2.47. The van der Waals surface area contributed by atoms with Crippen molar-refractivity contribution in [1.29, 1.82) is 0 Å². The van der Waals surface area contributed by atoms with Crippen molar-refractivity contribution in [2.45, 2.75) is 36.9 Å². The Bertz CT molecular complexity index is 582. The molecule has 0 saturated carbocycles. The zero-order valence-corrected chi connectivity index (χ0v) is 12.6. The number of amides is 1. The summed E-state index contributed by atoms with van der Waals surface area (Å²) in [6, 6.07) is 4.03. The molecule has 0 radical (unpaired) electrons. The highest BCUT2D eigenvalue weighted by molar-refractivity contribution is 7.89. The first-order chi connectivity index (χ1) is 9.01. The molecule has 0 aromatic heterocycles. The summed E-state index contributed by atoms with van der Waals surface area (Å²) in [5.74, 6) is -0.937. The molecule has 3 N–H and O–H groups in total. The summed E-state index contributed by atoms with van der Waals surface area (Å²) < 4.78 is 39.8. The van der Waals surface area contributed by atoms with Crippen LogP contribution in [0.3, 0.4) is 0 Å². The maximum absolute atomic E-state index is 13.6. The predicted molar refractivity (Wildman–Crippen MR) is 74.6 cm³/mol. The molecular weight excluding hydrogens is 307 g/mol. The molecule has 0 spiro atoms. The normalized spacial score (nSPS) is 14.0. The van der Waals surface area contributed by atoms with Gasteiger partial charge in [-0.15, -0.1) is 0 Å². The second-order valence-corrected chi connectivity index (χ2v) is 7.10. The van der Waals surface area contributed by atoms with Gasteiger partial charge in [-0.1, -0.05) is 11.6 Å². The minimum Gasteiger partial charge on any atom is -0.368 e. The second kappa shape index (κ2) is 6.07. The Labute approximate surface area is 122 Å². The Morgan fingerprint density at radius 3 is 2.30 bits per heavy atom. The van der Waals surface area contributed by atoms with Gasteiger partial charge < -0.3 is 5.73 Å². The molecule has 8 heteroatoms. The number of primary amides is 1. The van der Waals surface area contributed by atoms with E-state index in [4.69, 9.17) is 17.3 Å². The minimum atomic E-state index is -3.97. The number of carbonyl (C=O) groups excluding carboxylic acids is 1. The van der Waals surface area contributed by atoms with Gasteiger partial charge in [-0.3, -0.25) is 4.79 Å². The molecule has 5 nitrogen and oxygen atoms in total. The molecule has 1 amide bonds. The number of hydrogen-bond donors (Lipinski definition) is 2. The lowest BCUT2D eigenvalue weighted by atomic mass is 10.0. The summed E-state index contributed by atoms with van der Waals surface area (Å²) in [5.41, 5.74) is 3.37. The van der Waals surface area contributed by atoms with Crippen molar-refractivity contribution in [2.24, 2.45) is 5.73 Å². The molecule has 1 aromatic rings. The number of carbonyl (C=O) groups is 1. The van der Waals surface area contributed by atoms with Crippen molar-refractivity contribution in [3.05, 3.63) is 29.3 Å². The summed E-state index contributed by atoms with van der Waals surface area (Å²) in [5, 5.41) is 0.375. The predicted octanol–water partition coefficient (Wildman–Crippen LogP) is 1.61. The molecule has 1 rings (SSSR count). The molecule has 0 aliphatic rings. The third-order valence-corrected chi connectivity index (χ3v) is 4.19. The van der Waals surface area contributed by atoms with Crippen LogP contribution in [0.5, 0.6) is 0 Å². The third-order valence-electron chi connectivity index (χ3n) is 2.45. The molecule has 1 atom stereocenters. The number of nitrogens with one attached hydrogen (secondary N) is 1. The van der Waals surface area contributed by atoms with Crippen molar-refractivity contribution in [2.75, 3.05) is 0 Å². The fourth-order valence-electron chi connectivity index (χ4n) is 1.55. The largest absolute Gasteiger partial charge is 0.368 e. The van der Waals surface area contributed by atoms with Gasteiger partial charge in [0.1, 0.15) is 11.7 Å². The van der Waals surface area contributed by atoms with Crippen molar-refractivity contribution in [1.82, 2.24) is 4.72 Å². The van der Waals surface area contributed by atoms with Gasteiger partial charge in [-0.05, 0) is 38.1 Å². The van der Waals surface area contributed by atoms with Crippen LogP contribution in [0.1, 0.15) is 20.3 Å². The number of hydrogen-bond acceptors (Lipinski definition) is 3. The molecule has 0 bridgehead atoms. The van der Waals surface area contributed by atoms with Gasteiger partial charge in [0.25, 0.3) is 0 Å². The number of benzene rings is 1. The van der Waals surface area contributed by atoms with Crippen LogP contribution in [-0.2, 0) is 14.8 Å². The van der Waals surface area contributed by atoms with Gasteiger partial charge in [0.05, 0.1) is 4.90 Å². The van der Waals surface area contributed by atoms with Crippen molar-refractivity contribution in [3.8, 4) is 0 Å². The highest BCUT2D eigenvalue weighted by Crippen LogP contribution is 2.19. The van der Waals surface area contributed by atoms with E-state index in [1.54, 1.807) is 0 Å². The van der Waals surface area contributed by atoms with E-state index in [1.807, 2.05) is 0 Å². The van der Waals surface area contributed by atoms with Crippen LogP contribution in [0.2, 0.25) is 5.02 Å². The molecule has 112 valence electrons. The lowest BCUT2D eigenvalue weighted by molar-refractivity contribution is -0.120. The first kappa shape index (κ1) is 16.9. The Morgan fingerprint density at radius 1 is 1.40 bits per heavy atom. The van der Waals surface area contributed by atoms with E-state index in [9.17, 15) is 17.6 Å². The van der Waals surface area contributed by atoms with Gasteiger partial charge in [0, 0.05) is 11.4 Å². The van der Waals surface area contributed by atoms with E-state index in [-0.39, 0.29) is 11.3 Å². The fourth-order valence-corrected chi connectivity index (χ4v) is 2.89. The van der Waals surface area contributed by atoms with E-state index < -0.39 is 27.6 Å². The lowest BCUT2D eigenvalue weighted by Crippen LogP contribution is -2.47. The van der Waals surface area contributed by atoms with Crippen molar-refractivity contribution in [3.63, 3.8) is 0 Å². The first-order valence-electron chi connectivity index (χ1n) is 5.77. The van der Waals surface area contributed by atoms with Gasteiger partial charge in [0.15, 0.2) is 0 Å². The van der Waals surface area contributed by atoms with E-state index in [2.05, 4.69) is 4.72 Å². The minimum absolute atomic E-state index is 0.0789. The van der Waals surface area contributed by atoms with E-state index in [0.717, 1.165) is 0 Å². The quantitative estimate of drug-likeness (QED) is 0.833. The maximum Gasteiger partial charge on any atom is 0.241 e. The molecule has 0 aliphatic heterocycles. The number of nitrogens with two attached hydrogens (primary N) is 1. The zero-order valence-electron chi connectivity index (χ0n) is 11.1. The Balaban J connectivity index is 2.97. The molecule has 0 saturated heterocycles. The highest BCUT2D eigenvalue weighted by atomic mass is 35.5. The Morgan fingerprint density at radius 2 is 1.90 bits per heavy atom. The number of rotatable bonds is 6. The van der Waals surface area contributed by atoms with Gasteiger partial charge in [-0.25, -0.2) is 12.8 Å². The van der Waals surface area contributed by atoms with Gasteiger partial charge in [0.2, 0.25) is 15.9 Å². The molecule has 0 aliphatic carbocycles. The van der Waals surface area contributed by atoms with E-state index in [1.165, 1.54) is 38.1 Å². The van der Waals surface area contributed by atoms with Crippen molar-refractivity contribution >= 4 is 27.5 Å². The summed E-state index contributed by atoms with van der Waals surface area (Å²) in [4.78, 5) is 11.2. The SMILES string of the molecule is CC(C)(F)CC(NS(=O)(=O)c1ccc(Cl)cc1)C(N)=O. The summed E-state index contributed by atoms with van der Waals surface area (Å²) >= 11 is 5.67. The standard InChI is InChI=1S/C12H16ClFN2O3S/c1-12(2,14)7-10(11(15)17)16-20(18,19)9-5-3-8(13)4-6-9/h3-6,10,16H,7H2,1-2H3,(H2,15,17). The monoisotopic (exact) mass is 322 g/mol. The van der Waals surface area contributed by atoms with Crippen LogP contribution >= 0.6 is 11.6 Å². The maximum atomic E-state index is 13.6. The molecule has 1 unspecified atom stereocenters. The highest BCUT2D eigenvalue weighted by Gasteiger charge is 2.30. The molecule has 0 heterocycles. The topological polar surface area (TPSA) is 89.3 Å². The number of alkyl halides is 1. The van der Waals surface area contributed by atoms with Crippen LogP contribution < -0.4 is 10.5 Å². The smallest absolute Gasteiger partial charge is 0.241 e. The first-order valence-corrected chi connectivity index (χ1v) is 7.63. The number of halogens is 2. The van der Waals surface area contributed by atoms with E-state index in [0.29, 0.717) is 5.02 Å². The van der Waals surface area contributed by atoms with Crippen LogP contribution in [0.4, 0.5) is 4.39 Å². The van der Waals surface area contributed by atoms with Crippen LogP contribution in [0.15, 0.2) is 29.2 Å². The average Bonchev–Trinajstić information content (AvgIpc) is 2.26. The summed E-state index contributed by atoms with van der Waals surface area (Å²) in [7, 11) is -3.97.